The summed E-state index contributed by atoms with van der Waals surface area (Å²) < 4.78 is 42.6. The standard InChI is InChI=1S/C22H20ClF3N2O3/c1-2-11-10-21(31,22(24,25)26)20(13-6-8-14(23)19(30)18(11)13)28-16-5-3-4-15-12(16)7-9-17(29)27-15/h3-9,11,20,28,30-31H,2,10H2,1H3,(H,27,29)/t11-,20+,21+/m1/s1. The molecule has 3 atom stereocenters. The van der Waals surface area contributed by atoms with Gasteiger partial charge in [0, 0.05) is 22.7 Å². The molecule has 4 N–H and O–H groups in total. The lowest BCUT2D eigenvalue weighted by molar-refractivity contribution is -0.272. The number of nitrogens with one attached hydrogen (secondary N) is 2. The van der Waals surface area contributed by atoms with Gasteiger partial charge in [0.2, 0.25) is 5.56 Å². The van der Waals surface area contributed by atoms with Crippen molar-refractivity contribution in [3.05, 3.63) is 69.0 Å². The summed E-state index contributed by atoms with van der Waals surface area (Å²) >= 11 is 6.04. The number of anilines is 1. The van der Waals surface area contributed by atoms with Gasteiger partial charge in [-0.3, -0.25) is 4.79 Å². The molecule has 5 nitrogen and oxygen atoms in total. The first-order valence-electron chi connectivity index (χ1n) is 9.75. The number of pyridine rings is 1. The van der Waals surface area contributed by atoms with E-state index in [0.717, 1.165) is 0 Å². The second kappa shape index (κ2) is 7.46. The van der Waals surface area contributed by atoms with Gasteiger partial charge in [0.15, 0.2) is 5.60 Å². The van der Waals surface area contributed by atoms with E-state index in [1.54, 1.807) is 25.1 Å². The van der Waals surface area contributed by atoms with Gasteiger partial charge in [-0.15, -0.1) is 0 Å². The van der Waals surface area contributed by atoms with Gasteiger partial charge in [-0.25, -0.2) is 0 Å². The Morgan fingerprint density at radius 3 is 2.65 bits per heavy atom. The van der Waals surface area contributed by atoms with Crippen LogP contribution < -0.4 is 10.9 Å². The van der Waals surface area contributed by atoms with Gasteiger partial charge >= 0.3 is 6.18 Å². The highest BCUT2D eigenvalue weighted by atomic mass is 35.5. The average molecular weight is 453 g/mol. The molecule has 1 aliphatic rings. The number of rotatable bonds is 3. The fraction of sp³-hybridized carbons (Fsp3) is 0.318. The van der Waals surface area contributed by atoms with Crippen LogP contribution in [0.1, 0.15) is 42.9 Å². The van der Waals surface area contributed by atoms with E-state index in [2.05, 4.69) is 10.3 Å². The van der Waals surface area contributed by atoms with Crippen LogP contribution in [0.5, 0.6) is 5.75 Å². The Hall–Kier alpha value is -2.71. The molecule has 0 amide bonds. The fourth-order valence-corrected chi connectivity index (χ4v) is 4.59. The van der Waals surface area contributed by atoms with Crippen molar-refractivity contribution >= 4 is 28.2 Å². The van der Waals surface area contributed by atoms with Crippen molar-refractivity contribution < 1.29 is 23.4 Å². The van der Waals surface area contributed by atoms with Gasteiger partial charge in [0.25, 0.3) is 0 Å². The van der Waals surface area contributed by atoms with E-state index in [4.69, 9.17) is 11.6 Å². The summed E-state index contributed by atoms with van der Waals surface area (Å²) in [7, 11) is 0. The molecule has 4 rings (SSSR count). The molecule has 31 heavy (non-hydrogen) atoms. The zero-order chi connectivity index (χ0) is 22.6. The molecule has 1 aromatic heterocycles. The maximum Gasteiger partial charge on any atom is 0.419 e. The first-order chi connectivity index (χ1) is 14.6. The second-order valence-electron chi connectivity index (χ2n) is 7.80. The Balaban J connectivity index is 1.94. The fourth-order valence-electron chi connectivity index (χ4n) is 4.42. The van der Waals surface area contributed by atoms with Crippen LogP contribution in [0.15, 0.2) is 47.3 Å². The number of halogens is 4. The minimum Gasteiger partial charge on any atom is -0.506 e. The van der Waals surface area contributed by atoms with Crippen LogP contribution in [-0.2, 0) is 0 Å². The third kappa shape index (κ3) is 3.43. The van der Waals surface area contributed by atoms with Crippen molar-refractivity contribution in [2.75, 3.05) is 5.32 Å². The highest BCUT2D eigenvalue weighted by molar-refractivity contribution is 6.32. The van der Waals surface area contributed by atoms with Crippen LogP contribution in [0.2, 0.25) is 5.02 Å². The van der Waals surface area contributed by atoms with Crippen LogP contribution in [0.3, 0.4) is 0 Å². The number of aromatic amines is 1. The minimum atomic E-state index is -4.94. The molecule has 0 fully saturated rings. The number of phenols is 1. The Kier molecular flexibility index (Phi) is 5.18. The predicted octanol–water partition coefficient (Wildman–Crippen LogP) is 5.23. The summed E-state index contributed by atoms with van der Waals surface area (Å²) in [5.74, 6) is -1.01. The Morgan fingerprint density at radius 2 is 1.97 bits per heavy atom. The van der Waals surface area contributed by atoms with Gasteiger partial charge in [0.05, 0.1) is 16.6 Å². The predicted molar refractivity (Wildman–Crippen MR) is 113 cm³/mol. The number of aromatic nitrogens is 1. The number of hydrogen-bond donors (Lipinski definition) is 4. The molecular formula is C22H20ClF3N2O3. The van der Waals surface area contributed by atoms with Crippen molar-refractivity contribution in [2.45, 2.75) is 43.5 Å². The zero-order valence-electron chi connectivity index (χ0n) is 16.4. The number of H-pyrrole nitrogens is 1. The van der Waals surface area contributed by atoms with Gasteiger partial charge in [0.1, 0.15) is 5.75 Å². The molecule has 164 valence electrons. The number of hydrogen-bond acceptors (Lipinski definition) is 4. The monoisotopic (exact) mass is 452 g/mol. The lowest BCUT2D eigenvalue weighted by atomic mass is 9.69. The first-order valence-corrected chi connectivity index (χ1v) is 10.1. The largest absolute Gasteiger partial charge is 0.506 e. The Bertz CT molecular complexity index is 1210. The molecule has 0 bridgehead atoms. The zero-order valence-corrected chi connectivity index (χ0v) is 17.2. The molecule has 0 saturated heterocycles. The van der Waals surface area contributed by atoms with Gasteiger partial charge in [-0.05, 0) is 48.6 Å². The molecule has 9 heteroatoms. The lowest BCUT2D eigenvalue weighted by Crippen LogP contribution is -2.55. The molecule has 3 aromatic rings. The average Bonchev–Trinajstić information content (AvgIpc) is 2.71. The van der Waals surface area contributed by atoms with Crippen LogP contribution in [0.25, 0.3) is 10.9 Å². The second-order valence-corrected chi connectivity index (χ2v) is 8.20. The van der Waals surface area contributed by atoms with Gasteiger partial charge in [-0.1, -0.05) is 30.7 Å². The number of fused-ring (bicyclic) bond motifs is 2. The van der Waals surface area contributed by atoms with Gasteiger partial charge in [-0.2, -0.15) is 13.2 Å². The maximum absolute atomic E-state index is 14.2. The van der Waals surface area contributed by atoms with Crippen LogP contribution in [0, 0.1) is 0 Å². The lowest BCUT2D eigenvalue weighted by Gasteiger charge is -2.46. The van der Waals surface area contributed by atoms with E-state index < -0.39 is 30.2 Å². The van der Waals surface area contributed by atoms with E-state index in [-0.39, 0.29) is 28.3 Å². The Labute approximate surface area is 180 Å². The van der Waals surface area contributed by atoms with E-state index in [1.807, 2.05) is 0 Å². The highest BCUT2D eigenvalue weighted by Gasteiger charge is 2.62. The van der Waals surface area contributed by atoms with E-state index >= 15 is 0 Å². The number of benzene rings is 2. The molecule has 1 aliphatic carbocycles. The third-order valence-corrected chi connectivity index (χ3v) is 6.31. The van der Waals surface area contributed by atoms with Crippen molar-refractivity contribution in [3.63, 3.8) is 0 Å². The number of alkyl halides is 3. The van der Waals surface area contributed by atoms with Crippen molar-refractivity contribution in [2.24, 2.45) is 0 Å². The van der Waals surface area contributed by atoms with Crippen molar-refractivity contribution in [3.8, 4) is 5.75 Å². The molecule has 0 aliphatic heterocycles. The number of phenolic OH excluding ortho intramolecular Hbond substituents is 1. The minimum absolute atomic E-state index is 0.0381. The topological polar surface area (TPSA) is 85.4 Å². The van der Waals surface area contributed by atoms with E-state index in [1.165, 1.54) is 24.3 Å². The normalized spacial score (nSPS) is 23.5. The van der Waals surface area contributed by atoms with Gasteiger partial charge < -0.3 is 20.5 Å². The first kappa shape index (κ1) is 21.5. The van der Waals surface area contributed by atoms with Crippen molar-refractivity contribution in [1.82, 2.24) is 4.98 Å². The highest BCUT2D eigenvalue weighted by Crippen LogP contribution is 2.56. The van der Waals surface area contributed by atoms with Crippen molar-refractivity contribution in [1.29, 1.82) is 0 Å². The summed E-state index contributed by atoms with van der Waals surface area (Å²) in [6.45, 7) is 1.69. The SMILES string of the molecule is CC[C@@H]1C[C@@](O)(C(F)(F)F)[C@@H](Nc2cccc3[nH]c(=O)ccc23)c2ccc(Cl)c(O)c21. The molecule has 2 aromatic carbocycles. The number of aromatic hydroxyl groups is 1. The third-order valence-electron chi connectivity index (χ3n) is 6.00. The van der Waals surface area contributed by atoms with Crippen LogP contribution in [-0.4, -0.2) is 27.0 Å². The summed E-state index contributed by atoms with van der Waals surface area (Å²) in [4.78, 5) is 14.2. The number of aliphatic hydroxyl groups is 1. The molecular weight excluding hydrogens is 433 g/mol. The summed E-state index contributed by atoms with van der Waals surface area (Å²) in [5.41, 5.74) is -2.27. The smallest absolute Gasteiger partial charge is 0.419 e. The van der Waals surface area contributed by atoms with Crippen LogP contribution >= 0.6 is 11.6 Å². The van der Waals surface area contributed by atoms with E-state index in [9.17, 15) is 28.2 Å². The summed E-state index contributed by atoms with van der Waals surface area (Å²) in [5, 5.41) is 24.9. The van der Waals surface area contributed by atoms with Crippen LogP contribution in [0.4, 0.5) is 18.9 Å². The Morgan fingerprint density at radius 1 is 1.23 bits per heavy atom. The maximum atomic E-state index is 14.2. The quantitative estimate of drug-likeness (QED) is 0.438. The molecule has 0 unspecified atom stereocenters. The molecule has 0 saturated carbocycles. The van der Waals surface area contributed by atoms with E-state index in [0.29, 0.717) is 22.2 Å². The summed E-state index contributed by atoms with van der Waals surface area (Å²) in [6.07, 6.45) is -5.29. The molecule has 1 heterocycles. The summed E-state index contributed by atoms with van der Waals surface area (Å²) in [6, 6.07) is 8.68. The molecule has 0 spiro atoms. The molecule has 0 radical (unpaired) electrons.